The summed E-state index contributed by atoms with van der Waals surface area (Å²) in [5.41, 5.74) is 2.17. The topological polar surface area (TPSA) is 52.3 Å². The maximum Gasteiger partial charge on any atom is 0.212 e. The Morgan fingerprint density at radius 1 is 1.13 bits per heavy atom. The van der Waals surface area contributed by atoms with E-state index in [1.807, 2.05) is 35.2 Å². The zero-order chi connectivity index (χ0) is 21.3. The molecule has 5 nitrogen and oxygen atoms in total. The molecular weight excluding hydrogens is 460 g/mol. The Bertz CT molecular complexity index is 970. The average Bonchev–Trinajstić information content (AvgIpc) is 3.12. The van der Waals surface area contributed by atoms with Crippen LogP contribution in [0.25, 0.3) is 0 Å². The summed E-state index contributed by atoms with van der Waals surface area (Å²) in [5, 5.41) is 14.3. The Morgan fingerprint density at radius 2 is 1.90 bits per heavy atom. The number of benzene rings is 2. The Morgan fingerprint density at radius 3 is 2.63 bits per heavy atom. The second-order valence-corrected chi connectivity index (χ2v) is 9.22. The smallest absolute Gasteiger partial charge is 0.212 e. The van der Waals surface area contributed by atoms with E-state index in [4.69, 9.17) is 9.84 Å². The van der Waals surface area contributed by atoms with Crippen molar-refractivity contribution in [3.8, 4) is 5.75 Å². The minimum Gasteiger partial charge on any atom is -0.493 e. The zero-order valence-corrected chi connectivity index (χ0v) is 20.0. The molecule has 0 saturated heterocycles. The first-order valence-electron chi connectivity index (χ1n) is 10.1. The summed E-state index contributed by atoms with van der Waals surface area (Å²) in [7, 11) is 0. The van der Waals surface area contributed by atoms with Gasteiger partial charge in [-0.1, -0.05) is 72.7 Å². The van der Waals surface area contributed by atoms with Crippen molar-refractivity contribution in [1.82, 2.24) is 14.9 Å². The summed E-state index contributed by atoms with van der Waals surface area (Å²) >= 11 is 5.11. The quantitative estimate of drug-likeness (QED) is 0.252. The first kappa shape index (κ1) is 22.6. The van der Waals surface area contributed by atoms with Crippen molar-refractivity contribution in [3.05, 3.63) is 70.0 Å². The molecule has 0 atom stereocenters. The molecule has 1 aromatic heterocycles. The van der Waals surface area contributed by atoms with E-state index < -0.39 is 0 Å². The molecule has 7 heteroatoms. The molecule has 0 saturated carbocycles. The number of thioether (sulfide) groups is 1. The Balaban J connectivity index is 1.80. The normalized spacial score (nSPS) is 11.5. The number of aryl methyl sites for hydroxylation is 1. The molecule has 0 aliphatic carbocycles. The summed E-state index contributed by atoms with van der Waals surface area (Å²) in [4.78, 5) is 0. The molecule has 3 rings (SSSR count). The largest absolute Gasteiger partial charge is 0.493 e. The number of ether oxygens (including phenoxy) is 1. The molecule has 0 bridgehead atoms. The molecule has 0 aliphatic rings. The minimum absolute atomic E-state index is 0.464. The van der Waals surface area contributed by atoms with E-state index in [-0.39, 0.29) is 0 Å². The van der Waals surface area contributed by atoms with Gasteiger partial charge in [-0.3, -0.25) is 0 Å². The number of rotatable bonds is 10. The Labute approximate surface area is 191 Å². The highest BCUT2D eigenvalue weighted by Crippen LogP contribution is 2.24. The van der Waals surface area contributed by atoms with Crippen molar-refractivity contribution >= 4 is 33.9 Å². The van der Waals surface area contributed by atoms with Gasteiger partial charge < -0.3 is 4.74 Å². The fourth-order valence-corrected chi connectivity index (χ4v) is 3.83. The van der Waals surface area contributed by atoms with Crippen LogP contribution in [0.5, 0.6) is 5.75 Å². The van der Waals surface area contributed by atoms with Crippen LogP contribution in [-0.2, 0) is 12.2 Å². The maximum absolute atomic E-state index is 5.95. The van der Waals surface area contributed by atoms with E-state index in [9.17, 15) is 0 Å². The SMILES string of the molecule is CCCc1nnc(SCc2ccc(Br)cc2)n1/N=C\c1ccccc1OCC(C)C. The molecule has 0 spiro atoms. The fourth-order valence-electron chi connectivity index (χ4n) is 2.70. The van der Waals surface area contributed by atoms with Gasteiger partial charge in [0, 0.05) is 22.2 Å². The lowest BCUT2D eigenvalue weighted by Gasteiger charge is -2.11. The van der Waals surface area contributed by atoms with E-state index in [0.717, 1.165) is 45.4 Å². The van der Waals surface area contributed by atoms with Gasteiger partial charge in [0.1, 0.15) is 5.75 Å². The molecule has 1 heterocycles. The highest BCUT2D eigenvalue weighted by molar-refractivity contribution is 9.10. The third-order valence-corrected chi connectivity index (χ3v) is 5.75. The molecule has 0 unspecified atom stereocenters. The minimum atomic E-state index is 0.464. The second kappa shape index (κ2) is 11.3. The van der Waals surface area contributed by atoms with Gasteiger partial charge in [-0.2, -0.15) is 9.78 Å². The first-order chi connectivity index (χ1) is 14.6. The van der Waals surface area contributed by atoms with Gasteiger partial charge in [0.05, 0.1) is 12.8 Å². The van der Waals surface area contributed by atoms with Gasteiger partial charge in [-0.05, 0) is 42.2 Å². The number of hydrogen-bond donors (Lipinski definition) is 0. The second-order valence-electron chi connectivity index (χ2n) is 7.36. The Kier molecular flexibility index (Phi) is 8.51. The lowest BCUT2D eigenvalue weighted by molar-refractivity contribution is 0.270. The third-order valence-electron chi connectivity index (χ3n) is 4.23. The summed E-state index contributed by atoms with van der Waals surface area (Å²) in [6, 6.07) is 16.3. The van der Waals surface area contributed by atoms with Crippen LogP contribution in [0.1, 0.15) is 44.1 Å². The lowest BCUT2D eigenvalue weighted by Crippen LogP contribution is -2.06. The van der Waals surface area contributed by atoms with E-state index in [1.54, 1.807) is 11.8 Å². The number of hydrogen-bond acceptors (Lipinski definition) is 5. The summed E-state index contributed by atoms with van der Waals surface area (Å²) < 4.78 is 8.88. The molecule has 0 radical (unpaired) electrons. The zero-order valence-electron chi connectivity index (χ0n) is 17.6. The van der Waals surface area contributed by atoms with Crippen molar-refractivity contribution < 1.29 is 4.74 Å². The summed E-state index contributed by atoms with van der Waals surface area (Å²) in [5.74, 6) is 2.98. The van der Waals surface area contributed by atoms with Crippen molar-refractivity contribution in [2.75, 3.05) is 6.61 Å². The molecule has 0 N–H and O–H groups in total. The van der Waals surface area contributed by atoms with Gasteiger partial charge >= 0.3 is 0 Å². The van der Waals surface area contributed by atoms with Crippen LogP contribution in [-0.4, -0.2) is 27.7 Å². The molecular formula is C23H27BrN4OS. The molecule has 0 aliphatic heterocycles. The first-order valence-corrected chi connectivity index (χ1v) is 11.9. The molecule has 0 amide bonds. The number of nitrogens with zero attached hydrogens (tertiary/aromatic N) is 4. The van der Waals surface area contributed by atoms with Gasteiger partial charge in [-0.15, -0.1) is 10.2 Å². The predicted octanol–water partition coefficient (Wildman–Crippen LogP) is 6.20. The number of halogens is 1. The van der Waals surface area contributed by atoms with Gasteiger partial charge in [0.15, 0.2) is 5.82 Å². The Hall–Kier alpha value is -2.12. The average molecular weight is 487 g/mol. The van der Waals surface area contributed by atoms with Gasteiger partial charge in [0.2, 0.25) is 5.16 Å². The van der Waals surface area contributed by atoms with E-state index >= 15 is 0 Å². The third kappa shape index (κ3) is 6.44. The highest BCUT2D eigenvalue weighted by atomic mass is 79.9. The van der Waals surface area contributed by atoms with Crippen LogP contribution >= 0.6 is 27.7 Å². The monoisotopic (exact) mass is 486 g/mol. The predicted molar refractivity (Wildman–Crippen MR) is 127 cm³/mol. The van der Waals surface area contributed by atoms with E-state index in [0.29, 0.717) is 12.5 Å². The molecule has 2 aromatic carbocycles. The highest BCUT2D eigenvalue weighted by Gasteiger charge is 2.12. The van der Waals surface area contributed by atoms with E-state index in [1.165, 1.54) is 5.56 Å². The molecule has 158 valence electrons. The van der Waals surface area contributed by atoms with Crippen molar-refractivity contribution in [1.29, 1.82) is 0 Å². The van der Waals surface area contributed by atoms with Crippen LogP contribution in [0.15, 0.2) is 63.3 Å². The summed E-state index contributed by atoms with van der Waals surface area (Å²) in [6.07, 6.45) is 3.65. The molecule has 3 aromatic rings. The van der Waals surface area contributed by atoms with Crippen molar-refractivity contribution in [2.24, 2.45) is 11.0 Å². The molecule has 0 fully saturated rings. The van der Waals surface area contributed by atoms with Crippen molar-refractivity contribution in [2.45, 2.75) is 44.5 Å². The van der Waals surface area contributed by atoms with Crippen LogP contribution in [0, 0.1) is 5.92 Å². The molecule has 30 heavy (non-hydrogen) atoms. The van der Waals surface area contributed by atoms with Crippen LogP contribution < -0.4 is 4.74 Å². The van der Waals surface area contributed by atoms with Crippen molar-refractivity contribution in [3.63, 3.8) is 0 Å². The maximum atomic E-state index is 5.95. The van der Waals surface area contributed by atoms with Gasteiger partial charge in [-0.25, -0.2) is 0 Å². The van der Waals surface area contributed by atoms with Gasteiger partial charge in [0.25, 0.3) is 0 Å². The van der Waals surface area contributed by atoms with Crippen LogP contribution in [0.4, 0.5) is 0 Å². The lowest BCUT2D eigenvalue weighted by atomic mass is 10.2. The fraction of sp³-hybridized carbons (Fsp3) is 0.348. The van der Waals surface area contributed by atoms with Crippen LogP contribution in [0.2, 0.25) is 0 Å². The van der Waals surface area contributed by atoms with Crippen LogP contribution in [0.3, 0.4) is 0 Å². The number of para-hydroxylation sites is 1. The summed E-state index contributed by atoms with van der Waals surface area (Å²) in [6.45, 7) is 7.08. The number of aromatic nitrogens is 3. The standard InChI is InChI=1S/C23H27BrN4OS/c1-4-7-22-26-27-23(30-16-18-10-12-20(24)13-11-18)28(22)25-14-19-8-5-6-9-21(19)29-15-17(2)3/h5-6,8-14,17H,4,7,15-16H2,1-3H3/b25-14-. The van der Waals surface area contributed by atoms with E-state index in [2.05, 4.69) is 71.2 Å².